The molecule has 30 heavy (non-hydrogen) atoms. The summed E-state index contributed by atoms with van der Waals surface area (Å²) in [5, 5.41) is 0. The third kappa shape index (κ3) is 3.43. The number of sulfonamides is 1. The van der Waals surface area contributed by atoms with Crippen LogP contribution in [0, 0.1) is 6.92 Å². The Balaban J connectivity index is 1.81. The Morgan fingerprint density at radius 2 is 1.83 bits per heavy atom. The standard InChI is InChI=1S/C21H18N2O6S/c1-14-5-7-15(8-6-14)20(24)23(13-16-4-3-11-28-16)30(26,27)17-9-10-18-19(12-17)29-21(25)22(18)2/h3-12H,13H2,1-2H3. The maximum absolute atomic E-state index is 13.4. The molecule has 4 rings (SSSR count). The van der Waals surface area contributed by atoms with Gasteiger partial charge in [0.25, 0.3) is 15.9 Å². The van der Waals surface area contributed by atoms with Gasteiger partial charge in [0.15, 0.2) is 5.58 Å². The summed E-state index contributed by atoms with van der Waals surface area (Å²) in [4.78, 5) is 24.7. The van der Waals surface area contributed by atoms with Gasteiger partial charge in [-0.15, -0.1) is 0 Å². The summed E-state index contributed by atoms with van der Waals surface area (Å²) >= 11 is 0. The summed E-state index contributed by atoms with van der Waals surface area (Å²) in [5.41, 5.74) is 1.73. The molecule has 0 fully saturated rings. The zero-order valence-corrected chi connectivity index (χ0v) is 17.0. The monoisotopic (exact) mass is 426 g/mol. The second kappa shape index (κ2) is 7.34. The summed E-state index contributed by atoms with van der Waals surface area (Å²) in [6, 6.07) is 13.8. The van der Waals surface area contributed by atoms with Crippen molar-refractivity contribution in [2.45, 2.75) is 18.4 Å². The first-order valence-corrected chi connectivity index (χ1v) is 10.5. The van der Waals surface area contributed by atoms with Crippen LogP contribution in [0.3, 0.4) is 0 Å². The molecule has 2 aromatic heterocycles. The van der Waals surface area contributed by atoms with E-state index >= 15 is 0 Å². The van der Waals surface area contributed by atoms with Gasteiger partial charge in [-0.3, -0.25) is 9.36 Å². The van der Waals surface area contributed by atoms with Crippen molar-refractivity contribution in [1.82, 2.24) is 8.87 Å². The van der Waals surface area contributed by atoms with Crippen LogP contribution in [0.4, 0.5) is 0 Å². The van der Waals surface area contributed by atoms with Gasteiger partial charge < -0.3 is 8.83 Å². The third-order valence-electron chi connectivity index (χ3n) is 4.76. The number of fused-ring (bicyclic) bond motifs is 1. The van der Waals surface area contributed by atoms with Gasteiger partial charge in [-0.05, 0) is 43.3 Å². The van der Waals surface area contributed by atoms with Crippen LogP contribution < -0.4 is 5.76 Å². The first-order valence-electron chi connectivity index (χ1n) is 9.03. The minimum Gasteiger partial charge on any atom is -0.467 e. The Morgan fingerprint density at radius 3 is 2.50 bits per heavy atom. The van der Waals surface area contributed by atoms with E-state index < -0.39 is 21.7 Å². The summed E-state index contributed by atoms with van der Waals surface area (Å²) in [6.45, 7) is 1.59. The Kier molecular flexibility index (Phi) is 4.83. The topological polar surface area (TPSA) is 103 Å². The smallest absolute Gasteiger partial charge is 0.419 e. The quantitative estimate of drug-likeness (QED) is 0.486. The van der Waals surface area contributed by atoms with Crippen LogP contribution in [0.2, 0.25) is 0 Å². The number of oxazole rings is 1. The largest absolute Gasteiger partial charge is 0.467 e. The van der Waals surface area contributed by atoms with Crippen molar-refractivity contribution in [3.8, 4) is 0 Å². The van der Waals surface area contributed by atoms with Crippen molar-refractivity contribution in [3.05, 3.63) is 88.3 Å². The molecule has 154 valence electrons. The molecule has 1 amide bonds. The molecular formula is C21H18N2O6S. The number of hydrogen-bond donors (Lipinski definition) is 0. The van der Waals surface area contributed by atoms with Gasteiger partial charge in [0.05, 0.1) is 23.2 Å². The van der Waals surface area contributed by atoms with Crippen molar-refractivity contribution in [1.29, 1.82) is 0 Å². The highest BCUT2D eigenvalue weighted by atomic mass is 32.2. The van der Waals surface area contributed by atoms with Gasteiger partial charge in [-0.25, -0.2) is 17.5 Å². The highest BCUT2D eigenvalue weighted by Crippen LogP contribution is 2.25. The second-order valence-electron chi connectivity index (χ2n) is 6.82. The Morgan fingerprint density at radius 1 is 1.10 bits per heavy atom. The van der Waals surface area contributed by atoms with Crippen LogP contribution in [0.5, 0.6) is 0 Å². The number of aryl methyl sites for hydroxylation is 2. The van der Waals surface area contributed by atoms with Gasteiger partial charge in [0.2, 0.25) is 0 Å². The molecule has 0 bridgehead atoms. The van der Waals surface area contributed by atoms with E-state index in [-0.39, 0.29) is 22.6 Å². The molecule has 0 unspecified atom stereocenters. The normalized spacial score (nSPS) is 11.7. The van der Waals surface area contributed by atoms with Gasteiger partial charge in [-0.2, -0.15) is 0 Å². The Bertz CT molecular complexity index is 1380. The lowest BCUT2D eigenvalue weighted by Gasteiger charge is -2.22. The first kappa shape index (κ1) is 19.7. The lowest BCUT2D eigenvalue weighted by atomic mass is 10.1. The fourth-order valence-corrected chi connectivity index (χ4v) is 4.42. The molecule has 0 aliphatic carbocycles. The zero-order valence-electron chi connectivity index (χ0n) is 16.2. The predicted molar refractivity (Wildman–Crippen MR) is 108 cm³/mol. The molecule has 4 aromatic rings. The van der Waals surface area contributed by atoms with Crippen molar-refractivity contribution in [2.24, 2.45) is 7.05 Å². The number of furan rings is 1. The van der Waals surface area contributed by atoms with E-state index in [9.17, 15) is 18.0 Å². The van der Waals surface area contributed by atoms with Crippen molar-refractivity contribution in [2.75, 3.05) is 0 Å². The fraction of sp³-hybridized carbons (Fsp3) is 0.143. The first-order chi connectivity index (χ1) is 14.3. The van der Waals surface area contributed by atoms with Gasteiger partial charge in [0, 0.05) is 18.7 Å². The molecule has 9 heteroatoms. The van der Waals surface area contributed by atoms with E-state index in [2.05, 4.69) is 0 Å². The molecule has 0 radical (unpaired) electrons. The van der Waals surface area contributed by atoms with Gasteiger partial charge >= 0.3 is 5.76 Å². The Labute approximate surface area is 172 Å². The predicted octanol–water partition coefficient (Wildman–Crippen LogP) is 3.06. The number of amides is 1. The van der Waals surface area contributed by atoms with Crippen LogP contribution in [0.25, 0.3) is 11.1 Å². The van der Waals surface area contributed by atoms with Crippen LogP contribution in [-0.4, -0.2) is 23.2 Å². The number of rotatable bonds is 5. The molecule has 0 saturated carbocycles. The van der Waals surface area contributed by atoms with E-state index in [0.29, 0.717) is 11.3 Å². The highest BCUT2D eigenvalue weighted by Gasteiger charge is 2.31. The van der Waals surface area contributed by atoms with Crippen LogP contribution in [0.1, 0.15) is 21.7 Å². The lowest BCUT2D eigenvalue weighted by molar-refractivity contribution is 0.0848. The SMILES string of the molecule is Cc1ccc(C(=O)N(Cc2ccco2)S(=O)(=O)c2ccc3c(c2)oc(=O)n3C)cc1. The molecule has 0 N–H and O–H groups in total. The molecule has 2 aromatic carbocycles. The Hall–Kier alpha value is -3.59. The second-order valence-corrected chi connectivity index (χ2v) is 8.68. The molecule has 2 heterocycles. The molecule has 0 atom stereocenters. The maximum Gasteiger partial charge on any atom is 0.419 e. The number of carbonyl (C=O) groups is 1. The minimum atomic E-state index is -4.28. The summed E-state index contributed by atoms with van der Waals surface area (Å²) < 4.78 is 39.2. The van der Waals surface area contributed by atoms with E-state index in [1.54, 1.807) is 36.4 Å². The van der Waals surface area contributed by atoms with Gasteiger partial charge in [0.1, 0.15) is 5.76 Å². The molecule has 0 spiro atoms. The third-order valence-corrected chi connectivity index (χ3v) is 6.48. The average molecular weight is 426 g/mol. The molecule has 0 aliphatic rings. The average Bonchev–Trinajstić information content (AvgIpc) is 3.34. The molecule has 8 nitrogen and oxygen atoms in total. The van der Waals surface area contributed by atoms with Gasteiger partial charge in [-0.1, -0.05) is 17.7 Å². The van der Waals surface area contributed by atoms with Crippen LogP contribution >= 0.6 is 0 Å². The lowest BCUT2D eigenvalue weighted by Crippen LogP contribution is -2.36. The highest BCUT2D eigenvalue weighted by molar-refractivity contribution is 7.89. The maximum atomic E-state index is 13.4. The van der Waals surface area contributed by atoms with Crippen molar-refractivity contribution >= 4 is 27.0 Å². The summed E-state index contributed by atoms with van der Waals surface area (Å²) in [7, 11) is -2.76. The molecule has 0 aliphatic heterocycles. The van der Waals surface area contributed by atoms with Crippen LogP contribution in [0.15, 0.2) is 79.4 Å². The fourth-order valence-electron chi connectivity index (χ4n) is 3.05. The van der Waals surface area contributed by atoms with Crippen molar-refractivity contribution < 1.29 is 22.0 Å². The minimum absolute atomic E-state index is 0.115. The summed E-state index contributed by atoms with van der Waals surface area (Å²) in [6.07, 6.45) is 1.40. The van der Waals surface area contributed by atoms with E-state index in [4.69, 9.17) is 8.83 Å². The number of benzene rings is 2. The van der Waals surface area contributed by atoms with Crippen LogP contribution in [-0.2, 0) is 23.6 Å². The molecule has 0 saturated heterocycles. The molecular weight excluding hydrogens is 408 g/mol. The number of nitrogens with zero attached hydrogens (tertiary/aromatic N) is 2. The number of hydrogen-bond acceptors (Lipinski definition) is 6. The summed E-state index contributed by atoms with van der Waals surface area (Å²) in [5.74, 6) is -0.991. The zero-order chi connectivity index (χ0) is 21.5. The number of aromatic nitrogens is 1. The number of carbonyl (C=O) groups excluding carboxylic acids is 1. The van der Waals surface area contributed by atoms with Crippen molar-refractivity contribution in [3.63, 3.8) is 0 Å². The van der Waals surface area contributed by atoms with E-state index in [1.807, 2.05) is 6.92 Å². The van der Waals surface area contributed by atoms with E-state index in [0.717, 1.165) is 9.87 Å². The van der Waals surface area contributed by atoms with E-state index in [1.165, 1.54) is 36.1 Å².